The van der Waals surface area contributed by atoms with E-state index in [1.807, 2.05) is 0 Å². The van der Waals surface area contributed by atoms with Gasteiger partial charge in [-0.3, -0.25) is 4.90 Å². The van der Waals surface area contributed by atoms with Crippen LogP contribution in [0.15, 0.2) is 0 Å². The molecule has 2 fully saturated rings. The van der Waals surface area contributed by atoms with Gasteiger partial charge in [-0.15, -0.1) is 0 Å². The van der Waals surface area contributed by atoms with Crippen LogP contribution in [0.1, 0.15) is 26.2 Å². The molecule has 0 amide bonds. The Balaban J connectivity index is 1.95. The van der Waals surface area contributed by atoms with Crippen LogP contribution in [0.25, 0.3) is 0 Å². The molecular weight excluding hydrogens is 164 g/mol. The van der Waals surface area contributed by atoms with Crippen molar-refractivity contribution in [2.75, 3.05) is 19.7 Å². The van der Waals surface area contributed by atoms with E-state index in [0.29, 0.717) is 18.7 Å². The van der Waals surface area contributed by atoms with E-state index in [4.69, 9.17) is 0 Å². The van der Waals surface area contributed by atoms with Crippen molar-refractivity contribution in [3.05, 3.63) is 0 Å². The molecule has 1 aliphatic carbocycles. The maximum absolute atomic E-state index is 9.27. The lowest BCUT2D eigenvalue weighted by Crippen LogP contribution is -2.43. The second kappa shape index (κ2) is 3.95. The summed E-state index contributed by atoms with van der Waals surface area (Å²) in [4.78, 5) is 2.50. The summed E-state index contributed by atoms with van der Waals surface area (Å²) in [7, 11) is 0. The van der Waals surface area contributed by atoms with Gasteiger partial charge in [-0.1, -0.05) is 0 Å². The number of rotatable bonds is 2. The molecule has 2 aliphatic rings. The molecule has 76 valence electrons. The summed E-state index contributed by atoms with van der Waals surface area (Å²) in [6.45, 7) is 4.64. The van der Waals surface area contributed by atoms with E-state index in [2.05, 4.69) is 17.1 Å². The van der Waals surface area contributed by atoms with Crippen LogP contribution in [-0.4, -0.2) is 47.8 Å². The lowest BCUT2D eigenvalue weighted by atomic mass is 10.2. The number of nitrogens with zero attached hydrogens (tertiary/aromatic N) is 1. The SMILES string of the molecule is CC1CCN(C2CC2)C(CO)CN1. The first-order chi connectivity index (χ1) is 6.31. The van der Waals surface area contributed by atoms with Crippen LogP contribution in [0.2, 0.25) is 0 Å². The molecule has 0 aromatic rings. The second-order valence-corrected chi connectivity index (χ2v) is 4.40. The largest absolute Gasteiger partial charge is 0.395 e. The first kappa shape index (κ1) is 9.44. The molecule has 1 aliphatic heterocycles. The van der Waals surface area contributed by atoms with Crippen molar-refractivity contribution in [2.24, 2.45) is 0 Å². The normalized spacial score (nSPS) is 37.4. The minimum absolute atomic E-state index is 0.302. The molecule has 0 spiro atoms. The first-order valence-electron chi connectivity index (χ1n) is 5.41. The predicted octanol–water partition coefficient (Wildman–Crippen LogP) is 0.193. The fourth-order valence-corrected chi connectivity index (χ4v) is 2.14. The molecule has 0 aromatic carbocycles. The number of nitrogens with one attached hydrogen (secondary N) is 1. The van der Waals surface area contributed by atoms with Crippen molar-refractivity contribution in [1.29, 1.82) is 0 Å². The van der Waals surface area contributed by atoms with Gasteiger partial charge in [0.2, 0.25) is 0 Å². The van der Waals surface area contributed by atoms with E-state index in [9.17, 15) is 5.11 Å². The van der Waals surface area contributed by atoms with Gasteiger partial charge in [0.15, 0.2) is 0 Å². The van der Waals surface area contributed by atoms with Gasteiger partial charge in [0.1, 0.15) is 0 Å². The molecule has 2 unspecified atom stereocenters. The first-order valence-corrected chi connectivity index (χ1v) is 5.41. The van der Waals surface area contributed by atoms with Gasteiger partial charge in [-0.25, -0.2) is 0 Å². The Labute approximate surface area is 80.1 Å². The topological polar surface area (TPSA) is 35.5 Å². The summed E-state index contributed by atoms with van der Waals surface area (Å²) >= 11 is 0. The molecule has 0 bridgehead atoms. The smallest absolute Gasteiger partial charge is 0.0599 e. The molecule has 13 heavy (non-hydrogen) atoms. The van der Waals surface area contributed by atoms with Gasteiger partial charge in [-0.2, -0.15) is 0 Å². The molecule has 3 heteroatoms. The monoisotopic (exact) mass is 184 g/mol. The molecular formula is C10H20N2O. The lowest BCUT2D eigenvalue weighted by Gasteiger charge is -2.27. The van der Waals surface area contributed by atoms with Crippen LogP contribution in [0.5, 0.6) is 0 Å². The summed E-state index contributed by atoms with van der Waals surface area (Å²) in [5, 5.41) is 12.7. The number of aliphatic hydroxyl groups excluding tert-OH is 1. The Kier molecular flexibility index (Phi) is 2.86. The Hall–Kier alpha value is -0.120. The third-order valence-electron chi connectivity index (χ3n) is 3.22. The van der Waals surface area contributed by atoms with Crippen molar-refractivity contribution in [2.45, 2.75) is 44.3 Å². The molecule has 2 atom stereocenters. The van der Waals surface area contributed by atoms with E-state index in [1.165, 1.54) is 19.3 Å². The molecule has 2 rings (SSSR count). The summed E-state index contributed by atoms with van der Waals surface area (Å²) in [5.41, 5.74) is 0. The summed E-state index contributed by atoms with van der Waals surface area (Å²) in [6, 6.07) is 1.75. The van der Waals surface area contributed by atoms with E-state index in [0.717, 1.165) is 19.1 Å². The lowest BCUT2D eigenvalue weighted by molar-refractivity contribution is 0.125. The van der Waals surface area contributed by atoms with Crippen molar-refractivity contribution in [3.63, 3.8) is 0 Å². The zero-order chi connectivity index (χ0) is 9.26. The predicted molar refractivity (Wildman–Crippen MR) is 52.7 cm³/mol. The highest BCUT2D eigenvalue weighted by Gasteiger charge is 2.34. The number of hydrogen-bond acceptors (Lipinski definition) is 3. The Bertz CT molecular complexity index is 170. The van der Waals surface area contributed by atoms with Crippen LogP contribution in [0.3, 0.4) is 0 Å². The quantitative estimate of drug-likeness (QED) is 0.643. The Morgan fingerprint density at radius 3 is 2.77 bits per heavy atom. The highest BCUT2D eigenvalue weighted by Crippen LogP contribution is 2.29. The molecule has 0 radical (unpaired) electrons. The average Bonchev–Trinajstić information content (AvgIpc) is 2.91. The van der Waals surface area contributed by atoms with Crippen LogP contribution >= 0.6 is 0 Å². The van der Waals surface area contributed by atoms with E-state index >= 15 is 0 Å². The molecule has 3 nitrogen and oxygen atoms in total. The standard InChI is InChI=1S/C10H20N2O/c1-8-4-5-12(9-2-3-9)10(7-13)6-11-8/h8-11,13H,2-7H2,1H3. The van der Waals surface area contributed by atoms with Gasteiger partial charge < -0.3 is 10.4 Å². The summed E-state index contributed by atoms with van der Waals surface area (Å²) < 4.78 is 0. The molecule has 1 heterocycles. The van der Waals surface area contributed by atoms with Gasteiger partial charge in [0.05, 0.1) is 6.61 Å². The number of hydrogen-bond donors (Lipinski definition) is 2. The maximum atomic E-state index is 9.27. The van der Waals surface area contributed by atoms with Crippen molar-refractivity contribution < 1.29 is 5.11 Å². The number of aliphatic hydroxyl groups is 1. The minimum Gasteiger partial charge on any atom is -0.395 e. The molecule has 1 saturated carbocycles. The highest BCUT2D eigenvalue weighted by molar-refractivity contribution is 4.91. The van der Waals surface area contributed by atoms with Crippen molar-refractivity contribution in [3.8, 4) is 0 Å². The van der Waals surface area contributed by atoms with Gasteiger partial charge in [0.25, 0.3) is 0 Å². The zero-order valence-electron chi connectivity index (χ0n) is 8.37. The van der Waals surface area contributed by atoms with E-state index < -0.39 is 0 Å². The third-order valence-corrected chi connectivity index (χ3v) is 3.22. The van der Waals surface area contributed by atoms with Gasteiger partial charge in [0, 0.05) is 31.2 Å². The van der Waals surface area contributed by atoms with Crippen LogP contribution in [0, 0.1) is 0 Å². The van der Waals surface area contributed by atoms with Crippen molar-refractivity contribution >= 4 is 0 Å². The van der Waals surface area contributed by atoms with Crippen molar-refractivity contribution in [1.82, 2.24) is 10.2 Å². The fourth-order valence-electron chi connectivity index (χ4n) is 2.14. The van der Waals surface area contributed by atoms with Gasteiger partial charge in [-0.05, 0) is 26.2 Å². The molecule has 2 N–H and O–H groups in total. The maximum Gasteiger partial charge on any atom is 0.0599 e. The Morgan fingerprint density at radius 1 is 1.38 bits per heavy atom. The Morgan fingerprint density at radius 2 is 2.15 bits per heavy atom. The fraction of sp³-hybridized carbons (Fsp3) is 1.00. The van der Waals surface area contributed by atoms with E-state index in [-0.39, 0.29) is 0 Å². The summed E-state index contributed by atoms with van der Waals surface area (Å²) in [6.07, 6.45) is 3.89. The summed E-state index contributed by atoms with van der Waals surface area (Å²) in [5.74, 6) is 0. The van der Waals surface area contributed by atoms with Crippen LogP contribution in [0.4, 0.5) is 0 Å². The average molecular weight is 184 g/mol. The van der Waals surface area contributed by atoms with Crippen LogP contribution in [-0.2, 0) is 0 Å². The van der Waals surface area contributed by atoms with Crippen LogP contribution < -0.4 is 5.32 Å². The zero-order valence-corrected chi connectivity index (χ0v) is 8.37. The third kappa shape index (κ3) is 2.22. The van der Waals surface area contributed by atoms with Gasteiger partial charge >= 0.3 is 0 Å². The molecule has 0 aromatic heterocycles. The van der Waals surface area contributed by atoms with E-state index in [1.54, 1.807) is 0 Å². The molecule has 1 saturated heterocycles. The second-order valence-electron chi connectivity index (χ2n) is 4.40. The highest BCUT2D eigenvalue weighted by atomic mass is 16.3. The minimum atomic E-state index is 0.302.